The van der Waals surface area contributed by atoms with E-state index in [-0.39, 0.29) is 5.57 Å². The second-order valence-corrected chi connectivity index (χ2v) is 9.09. The second-order valence-electron chi connectivity index (χ2n) is 9.09. The largest absolute Gasteiger partial charge is 0.489 e. The molecular weight excluding hydrogens is 500 g/mol. The fourth-order valence-electron chi connectivity index (χ4n) is 4.16. The van der Waals surface area contributed by atoms with Gasteiger partial charge in [-0.15, -0.1) is 0 Å². The summed E-state index contributed by atoms with van der Waals surface area (Å²) in [6.45, 7) is 1.64. The van der Waals surface area contributed by atoms with E-state index in [4.69, 9.17) is 9.84 Å². The fraction of sp³-hybridized carbons (Fsp3) is 0.125. The number of benzene rings is 3. The number of hydrogen-bond acceptors (Lipinski definition) is 5. The van der Waals surface area contributed by atoms with Gasteiger partial charge in [0.05, 0.1) is 17.7 Å². The number of nitrogens with one attached hydrogen (secondary N) is 1. The molecule has 0 radical (unpaired) electrons. The lowest BCUT2D eigenvalue weighted by atomic mass is 10.1. The molecule has 5 aromatic rings. The SMILES string of the molecule is N#C/C(=C\c1cn(-c2ccccc2)nc1-c1ccc(OCc2ccccc2)cc1)C(=O)NCCCn1ccnc1. The first kappa shape index (κ1) is 26.2. The van der Waals surface area contributed by atoms with Crippen LogP contribution < -0.4 is 10.1 Å². The Morgan fingerprint density at radius 2 is 1.75 bits per heavy atom. The summed E-state index contributed by atoms with van der Waals surface area (Å²) >= 11 is 0. The van der Waals surface area contributed by atoms with Gasteiger partial charge in [-0.25, -0.2) is 9.67 Å². The van der Waals surface area contributed by atoms with E-state index in [1.807, 2.05) is 102 Å². The minimum absolute atomic E-state index is 0.0132. The summed E-state index contributed by atoms with van der Waals surface area (Å²) in [5.74, 6) is 0.316. The van der Waals surface area contributed by atoms with E-state index in [9.17, 15) is 10.1 Å². The van der Waals surface area contributed by atoms with Crippen LogP contribution >= 0.6 is 0 Å². The Kier molecular flexibility index (Phi) is 8.44. The van der Waals surface area contributed by atoms with E-state index >= 15 is 0 Å². The van der Waals surface area contributed by atoms with Gasteiger partial charge in [0.2, 0.25) is 0 Å². The van der Waals surface area contributed by atoms with E-state index in [0.29, 0.717) is 24.4 Å². The molecular formula is C32H28N6O2. The predicted octanol–water partition coefficient (Wildman–Crippen LogP) is 5.43. The molecule has 8 heteroatoms. The number of para-hydroxylation sites is 1. The van der Waals surface area contributed by atoms with Crippen molar-refractivity contribution in [2.24, 2.45) is 0 Å². The van der Waals surface area contributed by atoms with Crippen LogP contribution in [0.15, 0.2) is 115 Å². The van der Waals surface area contributed by atoms with Crippen LogP contribution in [0.1, 0.15) is 17.5 Å². The van der Waals surface area contributed by atoms with Crippen LogP contribution in [0.4, 0.5) is 0 Å². The predicted molar refractivity (Wildman–Crippen MR) is 153 cm³/mol. The number of nitriles is 1. The Balaban J connectivity index is 1.35. The molecule has 1 amide bonds. The number of nitrogens with zero attached hydrogens (tertiary/aromatic N) is 5. The summed E-state index contributed by atoms with van der Waals surface area (Å²) in [6, 6.07) is 29.4. The topological polar surface area (TPSA) is 97.8 Å². The molecule has 0 saturated carbocycles. The van der Waals surface area contributed by atoms with E-state index in [0.717, 1.165) is 35.5 Å². The normalized spacial score (nSPS) is 11.1. The second kappa shape index (κ2) is 12.9. The van der Waals surface area contributed by atoms with Crippen molar-refractivity contribution in [3.8, 4) is 28.8 Å². The van der Waals surface area contributed by atoms with Crippen LogP contribution in [0.5, 0.6) is 5.75 Å². The number of imidazole rings is 1. The molecule has 2 aromatic heterocycles. The van der Waals surface area contributed by atoms with Crippen LogP contribution in [-0.4, -0.2) is 31.8 Å². The van der Waals surface area contributed by atoms with Crippen molar-refractivity contribution in [3.05, 3.63) is 127 Å². The number of ether oxygens (including phenoxy) is 1. The Morgan fingerprint density at radius 3 is 2.45 bits per heavy atom. The van der Waals surface area contributed by atoms with Crippen molar-refractivity contribution in [1.82, 2.24) is 24.6 Å². The zero-order valence-corrected chi connectivity index (χ0v) is 21.9. The van der Waals surface area contributed by atoms with Gasteiger partial charge in [0.1, 0.15) is 24.0 Å². The lowest BCUT2D eigenvalue weighted by molar-refractivity contribution is -0.117. The van der Waals surface area contributed by atoms with E-state index in [1.54, 1.807) is 23.3 Å². The summed E-state index contributed by atoms with van der Waals surface area (Å²) in [4.78, 5) is 16.8. The first-order valence-corrected chi connectivity index (χ1v) is 13.0. The average molecular weight is 529 g/mol. The molecule has 5 rings (SSSR count). The van der Waals surface area contributed by atoms with Gasteiger partial charge in [-0.1, -0.05) is 48.5 Å². The number of carbonyl (C=O) groups excluding carboxylic acids is 1. The molecule has 0 fully saturated rings. The highest BCUT2D eigenvalue weighted by Crippen LogP contribution is 2.28. The molecule has 2 heterocycles. The van der Waals surface area contributed by atoms with Crippen molar-refractivity contribution in [2.45, 2.75) is 19.6 Å². The number of aromatic nitrogens is 4. The number of aryl methyl sites for hydroxylation is 1. The van der Waals surface area contributed by atoms with E-state index in [1.165, 1.54) is 0 Å². The molecule has 0 atom stereocenters. The number of carbonyl (C=O) groups is 1. The minimum Gasteiger partial charge on any atom is -0.489 e. The molecule has 0 saturated heterocycles. The van der Waals surface area contributed by atoms with Crippen LogP contribution in [0.2, 0.25) is 0 Å². The van der Waals surface area contributed by atoms with Crippen LogP contribution in [0, 0.1) is 11.3 Å². The zero-order valence-electron chi connectivity index (χ0n) is 21.9. The summed E-state index contributed by atoms with van der Waals surface area (Å²) in [7, 11) is 0. The number of rotatable bonds is 11. The van der Waals surface area contributed by atoms with Crippen LogP contribution in [-0.2, 0) is 17.9 Å². The molecule has 0 aliphatic rings. The highest BCUT2D eigenvalue weighted by atomic mass is 16.5. The molecule has 40 heavy (non-hydrogen) atoms. The van der Waals surface area contributed by atoms with Crippen molar-refractivity contribution in [1.29, 1.82) is 5.26 Å². The molecule has 198 valence electrons. The van der Waals surface area contributed by atoms with Crippen molar-refractivity contribution >= 4 is 12.0 Å². The van der Waals surface area contributed by atoms with Gasteiger partial charge in [-0.3, -0.25) is 4.79 Å². The minimum atomic E-state index is -0.420. The Morgan fingerprint density at radius 1 is 1.00 bits per heavy atom. The van der Waals surface area contributed by atoms with Gasteiger partial charge in [-0.05, 0) is 54.5 Å². The molecule has 0 unspecified atom stereocenters. The molecule has 0 bridgehead atoms. The Hall–Kier alpha value is -5.42. The van der Waals surface area contributed by atoms with Gasteiger partial charge in [0, 0.05) is 42.8 Å². The van der Waals surface area contributed by atoms with Crippen molar-refractivity contribution < 1.29 is 9.53 Å². The Bertz CT molecular complexity index is 1600. The maximum atomic E-state index is 12.8. The lowest BCUT2D eigenvalue weighted by Crippen LogP contribution is -2.26. The summed E-state index contributed by atoms with van der Waals surface area (Å²) in [6.07, 6.45) is 9.46. The summed E-state index contributed by atoms with van der Waals surface area (Å²) < 4.78 is 9.62. The fourth-order valence-corrected chi connectivity index (χ4v) is 4.16. The zero-order chi connectivity index (χ0) is 27.6. The summed E-state index contributed by atoms with van der Waals surface area (Å²) in [5.41, 5.74) is 4.12. The van der Waals surface area contributed by atoms with Gasteiger partial charge in [0.25, 0.3) is 5.91 Å². The highest BCUT2D eigenvalue weighted by Gasteiger charge is 2.15. The van der Waals surface area contributed by atoms with Crippen LogP contribution in [0.25, 0.3) is 23.0 Å². The maximum absolute atomic E-state index is 12.8. The third kappa shape index (κ3) is 6.71. The van der Waals surface area contributed by atoms with Gasteiger partial charge in [-0.2, -0.15) is 10.4 Å². The first-order valence-electron chi connectivity index (χ1n) is 13.0. The molecule has 8 nitrogen and oxygen atoms in total. The third-order valence-corrected chi connectivity index (χ3v) is 6.24. The lowest BCUT2D eigenvalue weighted by Gasteiger charge is -2.07. The number of hydrogen-bond donors (Lipinski definition) is 1. The first-order chi connectivity index (χ1) is 19.7. The third-order valence-electron chi connectivity index (χ3n) is 6.24. The monoisotopic (exact) mass is 528 g/mol. The smallest absolute Gasteiger partial charge is 0.261 e. The molecule has 3 aromatic carbocycles. The Labute approximate surface area is 232 Å². The molecule has 0 spiro atoms. The average Bonchev–Trinajstić information content (AvgIpc) is 3.69. The number of amides is 1. The van der Waals surface area contributed by atoms with Crippen molar-refractivity contribution in [3.63, 3.8) is 0 Å². The molecule has 0 aliphatic carbocycles. The van der Waals surface area contributed by atoms with Gasteiger partial charge >= 0.3 is 0 Å². The molecule has 0 aliphatic heterocycles. The quantitative estimate of drug-likeness (QED) is 0.140. The standard InChI is InChI=1S/C32H28N6O2/c33-21-27(32(39)35-16-7-18-37-19-17-34-24-37)20-28-22-38(29-10-5-2-6-11-29)36-31(28)26-12-14-30(15-13-26)40-23-25-8-3-1-4-9-25/h1-6,8-15,17,19-20,22,24H,7,16,18,23H2,(H,35,39)/b27-20+. The molecule has 1 N–H and O–H groups in total. The maximum Gasteiger partial charge on any atom is 0.261 e. The highest BCUT2D eigenvalue weighted by molar-refractivity contribution is 6.02. The van der Waals surface area contributed by atoms with E-state index in [2.05, 4.69) is 16.4 Å². The van der Waals surface area contributed by atoms with Gasteiger partial charge < -0.3 is 14.6 Å². The van der Waals surface area contributed by atoms with E-state index < -0.39 is 5.91 Å². The summed E-state index contributed by atoms with van der Waals surface area (Å²) in [5, 5.41) is 17.5. The van der Waals surface area contributed by atoms with Crippen molar-refractivity contribution in [2.75, 3.05) is 6.54 Å². The van der Waals surface area contributed by atoms with Gasteiger partial charge in [0.15, 0.2) is 0 Å². The van der Waals surface area contributed by atoms with Crippen LogP contribution in [0.3, 0.4) is 0 Å².